The number of benzene rings is 1. The number of carboxylic acid groups (broad SMARTS) is 1. The first-order chi connectivity index (χ1) is 9.97. The van der Waals surface area contributed by atoms with E-state index in [4.69, 9.17) is 5.11 Å². The van der Waals surface area contributed by atoms with Crippen LogP contribution in [-0.4, -0.2) is 54.1 Å². The molecule has 1 fully saturated rings. The van der Waals surface area contributed by atoms with E-state index >= 15 is 0 Å². The molecule has 2 rings (SSSR count). The number of piperidine rings is 1. The summed E-state index contributed by atoms with van der Waals surface area (Å²) in [5.74, 6) is -1.21. The van der Waals surface area contributed by atoms with Gasteiger partial charge in [-0.1, -0.05) is 24.3 Å². The molecule has 0 amide bonds. The number of likely N-dealkylation sites (tertiary alicyclic amines) is 1. The maximum Gasteiger partial charge on any atom is 0.310 e. The summed E-state index contributed by atoms with van der Waals surface area (Å²) in [6.45, 7) is 4.97. The van der Waals surface area contributed by atoms with Crippen LogP contribution in [0.25, 0.3) is 0 Å². The predicted molar refractivity (Wildman–Crippen MR) is 84.5 cm³/mol. The molecule has 4 nitrogen and oxygen atoms in total. The Morgan fingerprint density at radius 2 is 2.10 bits per heavy atom. The molecule has 2 unspecified atom stereocenters. The molecule has 1 heterocycles. The van der Waals surface area contributed by atoms with Gasteiger partial charge in [-0.25, -0.2) is 0 Å². The molecule has 1 N–H and O–H groups in total. The fraction of sp³-hybridized carbons (Fsp3) is 0.588. The average Bonchev–Trinajstić information content (AvgIpc) is 2.47. The van der Waals surface area contributed by atoms with Crippen molar-refractivity contribution in [3.63, 3.8) is 0 Å². The molecular weight excluding hydrogens is 264 g/mol. The van der Waals surface area contributed by atoms with Crippen LogP contribution in [0, 0.1) is 0 Å². The molecule has 1 aromatic carbocycles. The molecule has 21 heavy (non-hydrogen) atoms. The lowest BCUT2D eigenvalue weighted by Gasteiger charge is -2.36. The fourth-order valence-corrected chi connectivity index (χ4v) is 2.97. The maximum absolute atomic E-state index is 11.0. The number of nitrogens with zero attached hydrogens (tertiary/aromatic N) is 2. The van der Waals surface area contributed by atoms with E-state index in [1.807, 2.05) is 12.1 Å². The van der Waals surface area contributed by atoms with Crippen molar-refractivity contribution >= 4 is 5.97 Å². The zero-order valence-corrected chi connectivity index (χ0v) is 13.2. The molecule has 0 spiro atoms. The van der Waals surface area contributed by atoms with E-state index < -0.39 is 11.9 Å². The molecule has 0 radical (unpaired) electrons. The van der Waals surface area contributed by atoms with E-state index in [1.54, 1.807) is 6.92 Å². The monoisotopic (exact) mass is 290 g/mol. The van der Waals surface area contributed by atoms with Gasteiger partial charge >= 0.3 is 5.97 Å². The van der Waals surface area contributed by atoms with Crippen LogP contribution >= 0.6 is 0 Å². The van der Waals surface area contributed by atoms with Gasteiger partial charge in [0.25, 0.3) is 0 Å². The molecule has 2 atom stereocenters. The Balaban J connectivity index is 1.95. The van der Waals surface area contributed by atoms with Crippen LogP contribution in [0.3, 0.4) is 0 Å². The Morgan fingerprint density at radius 1 is 1.43 bits per heavy atom. The molecule has 4 heteroatoms. The lowest BCUT2D eigenvalue weighted by molar-refractivity contribution is -0.138. The summed E-state index contributed by atoms with van der Waals surface area (Å²) in [6, 6.07) is 8.60. The van der Waals surface area contributed by atoms with Crippen molar-refractivity contribution < 1.29 is 9.90 Å². The minimum Gasteiger partial charge on any atom is -0.481 e. The van der Waals surface area contributed by atoms with Crippen molar-refractivity contribution in [3.8, 4) is 0 Å². The van der Waals surface area contributed by atoms with Crippen molar-refractivity contribution in [3.05, 3.63) is 35.4 Å². The lowest BCUT2D eigenvalue weighted by Crippen LogP contribution is -2.44. The summed E-state index contributed by atoms with van der Waals surface area (Å²) < 4.78 is 0. The summed E-state index contributed by atoms with van der Waals surface area (Å²) >= 11 is 0. The molecule has 1 saturated heterocycles. The highest BCUT2D eigenvalue weighted by Gasteiger charge is 2.21. The second kappa shape index (κ2) is 7.05. The van der Waals surface area contributed by atoms with Gasteiger partial charge in [0, 0.05) is 19.1 Å². The Hall–Kier alpha value is -1.39. The molecule has 0 bridgehead atoms. The maximum atomic E-state index is 11.0. The smallest absolute Gasteiger partial charge is 0.310 e. The Morgan fingerprint density at radius 3 is 2.67 bits per heavy atom. The van der Waals surface area contributed by atoms with Gasteiger partial charge in [0.15, 0.2) is 0 Å². The van der Waals surface area contributed by atoms with E-state index in [-0.39, 0.29) is 0 Å². The molecule has 0 aromatic heterocycles. The molecule has 1 aromatic rings. The van der Waals surface area contributed by atoms with Gasteiger partial charge in [0.1, 0.15) is 0 Å². The average molecular weight is 290 g/mol. The van der Waals surface area contributed by atoms with Crippen LogP contribution in [0.2, 0.25) is 0 Å². The zero-order chi connectivity index (χ0) is 15.4. The largest absolute Gasteiger partial charge is 0.481 e. The standard InChI is InChI=1S/C17H26N2O2/c1-13(17(20)21)15-8-6-14(7-9-15)11-19(3)16-5-4-10-18(2)12-16/h6-9,13,16H,4-5,10-12H2,1-3H3,(H,20,21). The van der Waals surface area contributed by atoms with Crippen LogP contribution in [0.1, 0.15) is 36.8 Å². The molecular formula is C17H26N2O2. The third-order valence-corrected chi connectivity index (χ3v) is 4.51. The van der Waals surface area contributed by atoms with Crippen LogP contribution in [0.4, 0.5) is 0 Å². The second-order valence-corrected chi connectivity index (χ2v) is 6.27. The minimum absolute atomic E-state index is 0.441. The Labute approximate surface area is 127 Å². The third kappa shape index (κ3) is 4.29. The normalized spacial score (nSPS) is 21.4. The number of rotatable bonds is 5. The SMILES string of the molecule is CC(C(=O)O)c1ccc(CN(C)C2CCCN(C)C2)cc1. The Kier molecular flexibility index (Phi) is 5.37. The summed E-state index contributed by atoms with van der Waals surface area (Å²) in [7, 11) is 4.36. The lowest BCUT2D eigenvalue weighted by atomic mass is 9.99. The number of likely N-dealkylation sites (N-methyl/N-ethyl adjacent to an activating group) is 2. The first kappa shape index (κ1) is 16.0. The second-order valence-electron chi connectivity index (χ2n) is 6.27. The first-order valence-corrected chi connectivity index (χ1v) is 7.68. The summed E-state index contributed by atoms with van der Waals surface area (Å²) in [6.07, 6.45) is 2.52. The molecule has 1 aliphatic heterocycles. The molecule has 1 aliphatic rings. The number of hydrogen-bond donors (Lipinski definition) is 1. The summed E-state index contributed by atoms with van der Waals surface area (Å²) in [5, 5.41) is 9.03. The topological polar surface area (TPSA) is 43.8 Å². The van der Waals surface area contributed by atoms with E-state index in [0.29, 0.717) is 6.04 Å². The quantitative estimate of drug-likeness (QED) is 0.904. The van der Waals surface area contributed by atoms with Crippen LogP contribution < -0.4 is 0 Å². The van der Waals surface area contributed by atoms with Gasteiger partial charge in [-0.05, 0) is 51.5 Å². The number of carbonyl (C=O) groups is 1. The fourth-order valence-electron chi connectivity index (χ4n) is 2.97. The molecule has 0 aliphatic carbocycles. The van der Waals surface area contributed by atoms with E-state index in [0.717, 1.165) is 18.7 Å². The molecule has 116 valence electrons. The highest BCUT2D eigenvalue weighted by Crippen LogP contribution is 2.19. The Bertz CT molecular complexity index is 472. The predicted octanol–water partition coefficient (Wildman–Crippen LogP) is 2.40. The number of carboxylic acids is 1. The van der Waals surface area contributed by atoms with Gasteiger partial charge in [-0.3, -0.25) is 9.69 Å². The summed E-state index contributed by atoms with van der Waals surface area (Å²) in [4.78, 5) is 15.8. The van der Waals surface area contributed by atoms with Gasteiger partial charge in [0.2, 0.25) is 0 Å². The van der Waals surface area contributed by atoms with Gasteiger partial charge < -0.3 is 10.0 Å². The molecule has 0 saturated carbocycles. The first-order valence-electron chi connectivity index (χ1n) is 7.68. The van der Waals surface area contributed by atoms with Gasteiger partial charge in [0.05, 0.1) is 5.92 Å². The van der Waals surface area contributed by atoms with Crippen LogP contribution in [0.15, 0.2) is 24.3 Å². The van der Waals surface area contributed by atoms with E-state index in [9.17, 15) is 4.79 Å². The minimum atomic E-state index is -0.773. The van der Waals surface area contributed by atoms with Gasteiger partial charge in [-0.15, -0.1) is 0 Å². The van der Waals surface area contributed by atoms with Crippen molar-refractivity contribution in [1.29, 1.82) is 0 Å². The van der Waals surface area contributed by atoms with Crippen LogP contribution in [0.5, 0.6) is 0 Å². The van der Waals surface area contributed by atoms with Crippen molar-refractivity contribution in [2.75, 3.05) is 27.2 Å². The highest BCUT2D eigenvalue weighted by atomic mass is 16.4. The number of aliphatic carboxylic acids is 1. The number of hydrogen-bond acceptors (Lipinski definition) is 3. The van der Waals surface area contributed by atoms with E-state index in [2.05, 4.69) is 36.0 Å². The van der Waals surface area contributed by atoms with Crippen molar-refractivity contribution in [2.24, 2.45) is 0 Å². The summed E-state index contributed by atoms with van der Waals surface area (Å²) in [5.41, 5.74) is 2.11. The van der Waals surface area contributed by atoms with Crippen LogP contribution in [-0.2, 0) is 11.3 Å². The van der Waals surface area contributed by atoms with Crippen molar-refractivity contribution in [1.82, 2.24) is 9.80 Å². The van der Waals surface area contributed by atoms with E-state index in [1.165, 1.54) is 24.9 Å². The highest BCUT2D eigenvalue weighted by molar-refractivity contribution is 5.75. The van der Waals surface area contributed by atoms with Gasteiger partial charge in [-0.2, -0.15) is 0 Å². The third-order valence-electron chi connectivity index (χ3n) is 4.51. The zero-order valence-electron chi connectivity index (χ0n) is 13.2. The van der Waals surface area contributed by atoms with Crippen molar-refractivity contribution in [2.45, 2.75) is 38.3 Å².